The number of nitrogens with zero attached hydrogens (tertiary/aromatic N) is 2. The molecule has 1 atom stereocenters. The summed E-state index contributed by atoms with van der Waals surface area (Å²) in [4.78, 5) is 29.3. The highest BCUT2D eigenvalue weighted by Gasteiger charge is 2.48. The number of aromatic nitrogens is 1. The van der Waals surface area contributed by atoms with Crippen molar-refractivity contribution in [1.29, 1.82) is 0 Å². The zero-order valence-corrected chi connectivity index (χ0v) is 19.6. The SMILES string of the molecule is Cc1cc2c(cc3n2C[C@](C)(C(=O)NC2CCCCCC2)N(CCc2ccccc2)C3=O)o1. The first kappa shape index (κ1) is 21.8. The molecule has 174 valence electrons. The van der Waals surface area contributed by atoms with Crippen molar-refractivity contribution in [2.24, 2.45) is 0 Å². The van der Waals surface area contributed by atoms with E-state index in [9.17, 15) is 9.59 Å². The van der Waals surface area contributed by atoms with Gasteiger partial charge >= 0.3 is 0 Å². The summed E-state index contributed by atoms with van der Waals surface area (Å²) in [5.74, 6) is 0.641. The normalized spacial score (nSPS) is 21.8. The molecule has 2 amide bonds. The first-order valence-corrected chi connectivity index (χ1v) is 12.2. The standard InChI is InChI=1S/C27H33N3O3/c1-19-16-22-24(33-19)17-23-25(31)30(15-14-20-10-6-5-7-11-20)27(2,18-29(22)23)26(32)28-21-12-8-3-4-9-13-21/h5-7,10-11,16-17,21H,3-4,8-9,12-15,18H2,1-2H3,(H,28,32)/t27-/m1/s1. The number of amides is 2. The summed E-state index contributed by atoms with van der Waals surface area (Å²) in [5, 5.41) is 3.32. The van der Waals surface area contributed by atoms with Crippen molar-refractivity contribution in [2.75, 3.05) is 6.54 Å². The molecule has 1 fully saturated rings. The number of rotatable bonds is 5. The number of nitrogens with one attached hydrogen (secondary N) is 1. The fourth-order valence-corrected chi connectivity index (χ4v) is 5.46. The fourth-order valence-electron chi connectivity index (χ4n) is 5.46. The van der Waals surface area contributed by atoms with E-state index in [2.05, 4.69) is 17.4 Å². The van der Waals surface area contributed by atoms with E-state index in [1.165, 1.54) is 12.8 Å². The number of hydrogen-bond donors (Lipinski definition) is 1. The maximum absolute atomic E-state index is 13.8. The molecule has 0 unspecified atom stereocenters. The van der Waals surface area contributed by atoms with Crippen LogP contribution in [0.5, 0.6) is 0 Å². The van der Waals surface area contributed by atoms with Gasteiger partial charge in [-0.25, -0.2) is 0 Å². The first-order valence-electron chi connectivity index (χ1n) is 12.2. The fraction of sp³-hybridized carbons (Fsp3) is 0.481. The zero-order valence-electron chi connectivity index (χ0n) is 19.6. The highest BCUT2D eigenvalue weighted by Crippen LogP contribution is 2.34. The van der Waals surface area contributed by atoms with E-state index >= 15 is 0 Å². The Balaban J connectivity index is 1.48. The second-order valence-corrected chi connectivity index (χ2v) is 9.85. The summed E-state index contributed by atoms with van der Waals surface area (Å²) < 4.78 is 7.78. The Kier molecular flexibility index (Phi) is 5.77. The number of benzene rings is 1. The van der Waals surface area contributed by atoms with E-state index in [1.807, 2.05) is 48.7 Å². The van der Waals surface area contributed by atoms with Gasteiger partial charge in [0.2, 0.25) is 5.91 Å². The molecule has 1 N–H and O–H groups in total. The van der Waals surface area contributed by atoms with Crippen LogP contribution in [0.25, 0.3) is 11.1 Å². The summed E-state index contributed by atoms with van der Waals surface area (Å²) in [5.41, 5.74) is 2.36. The Morgan fingerprint density at radius 3 is 2.58 bits per heavy atom. The van der Waals surface area contributed by atoms with Crippen molar-refractivity contribution in [1.82, 2.24) is 14.8 Å². The molecule has 1 aliphatic carbocycles. The summed E-state index contributed by atoms with van der Waals surface area (Å²) in [7, 11) is 0. The molecule has 0 spiro atoms. The van der Waals surface area contributed by atoms with Gasteiger partial charge in [-0.1, -0.05) is 56.0 Å². The Hall–Kier alpha value is -3.02. The van der Waals surface area contributed by atoms with Gasteiger partial charge in [-0.05, 0) is 38.7 Å². The van der Waals surface area contributed by atoms with Crippen LogP contribution in [0.15, 0.2) is 46.9 Å². The summed E-state index contributed by atoms with van der Waals surface area (Å²) in [6, 6.07) is 14.1. The molecule has 0 radical (unpaired) electrons. The Bertz CT molecular complexity index is 1150. The zero-order chi connectivity index (χ0) is 23.0. The summed E-state index contributed by atoms with van der Waals surface area (Å²) in [6.07, 6.45) is 7.49. The largest absolute Gasteiger partial charge is 0.460 e. The maximum atomic E-state index is 13.8. The first-order chi connectivity index (χ1) is 16.0. The average Bonchev–Trinajstić information content (AvgIpc) is 3.19. The molecule has 0 saturated heterocycles. The van der Waals surface area contributed by atoms with Crippen LogP contribution in [0.3, 0.4) is 0 Å². The molecule has 1 aromatic carbocycles. The Morgan fingerprint density at radius 1 is 1.12 bits per heavy atom. The minimum Gasteiger partial charge on any atom is -0.460 e. The van der Waals surface area contributed by atoms with Gasteiger partial charge < -0.3 is 19.2 Å². The molecular formula is C27H33N3O3. The Morgan fingerprint density at radius 2 is 1.85 bits per heavy atom. The van der Waals surface area contributed by atoms with Gasteiger partial charge in [-0.15, -0.1) is 0 Å². The van der Waals surface area contributed by atoms with Crippen LogP contribution in [0.2, 0.25) is 0 Å². The van der Waals surface area contributed by atoms with Gasteiger partial charge in [-0.3, -0.25) is 9.59 Å². The van der Waals surface area contributed by atoms with Crippen LogP contribution in [0.4, 0.5) is 0 Å². The van der Waals surface area contributed by atoms with E-state index in [4.69, 9.17) is 4.42 Å². The van der Waals surface area contributed by atoms with Crippen molar-refractivity contribution in [3.8, 4) is 0 Å². The predicted octanol–water partition coefficient (Wildman–Crippen LogP) is 4.84. The maximum Gasteiger partial charge on any atom is 0.271 e. The topological polar surface area (TPSA) is 67.5 Å². The monoisotopic (exact) mass is 447 g/mol. The third kappa shape index (κ3) is 4.07. The van der Waals surface area contributed by atoms with Crippen molar-refractivity contribution in [2.45, 2.75) is 76.9 Å². The molecule has 6 heteroatoms. The molecule has 0 bridgehead atoms. The van der Waals surface area contributed by atoms with Crippen molar-refractivity contribution >= 4 is 22.9 Å². The molecule has 3 heterocycles. The van der Waals surface area contributed by atoms with E-state index in [-0.39, 0.29) is 17.9 Å². The highest BCUT2D eigenvalue weighted by molar-refractivity contribution is 6.03. The van der Waals surface area contributed by atoms with E-state index in [0.717, 1.165) is 42.5 Å². The van der Waals surface area contributed by atoms with Gasteiger partial charge in [0, 0.05) is 24.7 Å². The minimum atomic E-state index is -0.970. The summed E-state index contributed by atoms with van der Waals surface area (Å²) >= 11 is 0. The third-order valence-electron chi connectivity index (χ3n) is 7.39. The van der Waals surface area contributed by atoms with Crippen LogP contribution in [-0.2, 0) is 17.8 Å². The smallest absolute Gasteiger partial charge is 0.271 e. The minimum absolute atomic E-state index is 0.0523. The number of aryl methyl sites for hydroxylation is 1. The van der Waals surface area contributed by atoms with E-state index < -0.39 is 5.54 Å². The summed E-state index contributed by atoms with van der Waals surface area (Å²) in [6.45, 7) is 4.73. The van der Waals surface area contributed by atoms with Crippen LogP contribution < -0.4 is 5.32 Å². The molecule has 2 aliphatic rings. The van der Waals surface area contributed by atoms with Gasteiger partial charge in [0.1, 0.15) is 17.0 Å². The third-order valence-corrected chi connectivity index (χ3v) is 7.39. The molecule has 1 saturated carbocycles. The number of hydrogen-bond acceptors (Lipinski definition) is 3. The molecule has 5 rings (SSSR count). The second kappa shape index (κ2) is 8.73. The molecule has 2 aromatic heterocycles. The number of furan rings is 1. The van der Waals surface area contributed by atoms with Crippen LogP contribution in [-0.4, -0.2) is 39.4 Å². The molecule has 6 nitrogen and oxygen atoms in total. The van der Waals surface area contributed by atoms with E-state index in [1.54, 1.807) is 4.90 Å². The number of carbonyl (C=O) groups excluding carboxylic acids is 2. The molecule has 33 heavy (non-hydrogen) atoms. The second-order valence-electron chi connectivity index (χ2n) is 9.85. The van der Waals surface area contributed by atoms with Crippen molar-refractivity contribution in [3.63, 3.8) is 0 Å². The number of fused-ring (bicyclic) bond motifs is 3. The van der Waals surface area contributed by atoms with Gasteiger partial charge in [0.15, 0.2) is 5.58 Å². The van der Waals surface area contributed by atoms with Gasteiger partial charge in [0.05, 0.1) is 12.1 Å². The predicted molar refractivity (Wildman–Crippen MR) is 128 cm³/mol. The lowest BCUT2D eigenvalue weighted by Gasteiger charge is -2.44. The highest BCUT2D eigenvalue weighted by atomic mass is 16.3. The lowest BCUT2D eigenvalue weighted by molar-refractivity contribution is -0.133. The van der Waals surface area contributed by atoms with Gasteiger partial charge in [-0.2, -0.15) is 0 Å². The van der Waals surface area contributed by atoms with E-state index in [0.29, 0.717) is 30.8 Å². The van der Waals surface area contributed by atoms with Crippen molar-refractivity contribution in [3.05, 3.63) is 59.5 Å². The van der Waals surface area contributed by atoms with Crippen LogP contribution in [0, 0.1) is 6.92 Å². The lowest BCUT2D eigenvalue weighted by atomic mass is 9.93. The molecule has 3 aromatic rings. The quantitative estimate of drug-likeness (QED) is 0.569. The Labute approximate surface area is 194 Å². The molecular weight excluding hydrogens is 414 g/mol. The number of carbonyl (C=O) groups is 2. The van der Waals surface area contributed by atoms with Crippen molar-refractivity contribution < 1.29 is 14.0 Å². The van der Waals surface area contributed by atoms with Crippen LogP contribution >= 0.6 is 0 Å². The average molecular weight is 448 g/mol. The molecule has 1 aliphatic heterocycles. The van der Waals surface area contributed by atoms with Gasteiger partial charge in [0.25, 0.3) is 5.91 Å². The lowest BCUT2D eigenvalue weighted by Crippen LogP contribution is -2.65. The van der Waals surface area contributed by atoms with Crippen LogP contribution in [0.1, 0.15) is 67.3 Å².